The van der Waals surface area contributed by atoms with E-state index in [-0.39, 0.29) is 12.6 Å². The van der Waals surface area contributed by atoms with Crippen LogP contribution < -0.4 is 20.1 Å². The number of carbonyl (C=O) groups excluding carboxylic acids is 1. The Balaban J connectivity index is 1.01. The van der Waals surface area contributed by atoms with Gasteiger partial charge in [0.2, 0.25) is 0 Å². The third kappa shape index (κ3) is 18.8. The summed E-state index contributed by atoms with van der Waals surface area (Å²) in [5.74, 6) is 2.36. The Morgan fingerprint density at radius 2 is 1.10 bits per heavy atom. The summed E-state index contributed by atoms with van der Waals surface area (Å²) in [7, 11) is -4.01. The fourth-order valence-corrected chi connectivity index (χ4v) is 8.63. The largest absolute Gasteiger partial charge is 0.494 e. The molecule has 0 aliphatic carbocycles. The molecular weight excluding hydrogens is 768 g/mol. The Morgan fingerprint density at radius 3 is 1.60 bits per heavy atom. The van der Waals surface area contributed by atoms with Crippen molar-refractivity contribution in [3.63, 3.8) is 0 Å². The topological polar surface area (TPSA) is 106 Å². The number of hydrogen-bond donors (Lipinski definition) is 3. The summed E-state index contributed by atoms with van der Waals surface area (Å²) in [6.07, 6.45) is 10.5. The smallest absolute Gasteiger partial charge is 0.378 e. The molecular formula is C51H73N2O6P. The number of hydrogen-bond acceptors (Lipinski definition) is 7. The van der Waals surface area contributed by atoms with Crippen molar-refractivity contribution < 1.29 is 28.3 Å². The van der Waals surface area contributed by atoms with Crippen molar-refractivity contribution in [2.75, 3.05) is 32.5 Å². The first-order chi connectivity index (χ1) is 28.9. The molecule has 60 heavy (non-hydrogen) atoms. The summed E-state index contributed by atoms with van der Waals surface area (Å²) in [6, 6.07) is 29.7. The molecule has 0 saturated heterocycles. The summed E-state index contributed by atoms with van der Waals surface area (Å²) >= 11 is 0. The van der Waals surface area contributed by atoms with Gasteiger partial charge in [-0.2, -0.15) is 0 Å². The Bertz CT molecular complexity index is 1900. The normalized spacial score (nSPS) is 13.4. The molecule has 3 unspecified atom stereocenters. The molecule has 3 N–H and O–H groups in total. The van der Waals surface area contributed by atoms with Crippen LogP contribution in [0.25, 0.3) is 0 Å². The number of carbonyl (C=O) groups is 1. The number of ether oxygens (including phenoxy) is 2. The average Bonchev–Trinajstić information content (AvgIpc) is 3.22. The summed E-state index contributed by atoms with van der Waals surface area (Å²) in [5.41, 5.74) is 10.4. The molecule has 0 aromatic heterocycles. The number of nitrogens with one attached hydrogen (secondary N) is 2. The van der Waals surface area contributed by atoms with Crippen molar-refractivity contribution in [3.8, 4) is 11.5 Å². The van der Waals surface area contributed by atoms with Gasteiger partial charge in [0.15, 0.2) is 0 Å². The molecule has 4 aromatic carbocycles. The van der Waals surface area contributed by atoms with Crippen molar-refractivity contribution in [1.82, 2.24) is 10.6 Å². The maximum absolute atomic E-state index is 12.5. The van der Waals surface area contributed by atoms with Gasteiger partial charge >= 0.3 is 13.6 Å². The van der Waals surface area contributed by atoms with Crippen molar-refractivity contribution in [1.29, 1.82) is 0 Å². The van der Waals surface area contributed by atoms with E-state index < -0.39 is 13.6 Å². The number of benzene rings is 4. The number of rotatable bonds is 29. The van der Waals surface area contributed by atoms with Gasteiger partial charge in [-0.05, 0) is 160 Å². The van der Waals surface area contributed by atoms with Crippen molar-refractivity contribution >= 4 is 13.6 Å². The first kappa shape index (κ1) is 48.7. The zero-order chi connectivity index (χ0) is 43.2. The van der Waals surface area contributed by atoms with Crippen LogP contribution in [-0.2, 0) is 39.8 Å². The molecule has 4 rings (SSSR count). The zero-order valence-electron chi connectivity index (χ0n) is 37.4. The van der Waals surface area contributed by atoms with E-state index in [0.717, 1.165) is 67.6 Å². The van der Waals surface area contributed by atoms with Crippen molar-refractivity contribution in [3.05, 3.63) is 129 Å². The van der Waals surface area contributed by atoms with Crippen LogP contribution in [0.5, 0.6) is 11.5 Å². The van der Waals surface area contributed by atoms with Crippen LogP contribution in [0.15, 0.2) is 84.9 Å². The lowest BCUT2D eigenvalue weighted by atomic mass is 9.90. The van der Waals surface area contributed by atoms with Gasteiger partial charge in [0.05, 0.1) is 25.8 Å². The molecule has 0 aliphatic rings. The molecule has 9 heteroatoms. The van der Waals surface area contributed by atoms with E-state index in [1.165, 1.54) is 46.2 Å². The highest BCUT2D eigenvalue weighted by molar-refractivity contribution is 7.53. The lowest BCUT2D eigenvalue weighted by Crippen LogP contribution is -2.19. The van der Waals surface area contributed by atoms with Crippen molar-refractivity contribution in [2.24, 2.45) is 11.8 Å². The summed E-state index contributed by atoms with van der Waals surface area (Å²) in [5, 5.41) is 6.52. The van der Waals surface area contributed by atoms with Gasteiger partial charge in [0.1, 0.15) is 11.5 Å². The highest BCUT2D eigenvalue weighted by Gasteiger charge is 2.23. The van der Waals surface area contributed by atoms with E-state index in [0.29, 0.717) is 57.6 Å². The Labute approximate surface area is 361 Å². The molecule has 0 fully saturated rings. The Morgan fingerprint density at radius 1 is 0.617 bits per heavy atom. The molecule has 328 valence electrons. The zero-order valence-corrected chi connectivity index (χ0v) is 38.3. The molecule has 0 radical (unpaired) electrons. The second kappa shape index (κ2) is 26.4. The minimum Gasteiger partial charge on any atom is -0.494 e. The van der Waals surface area contributed by atoms with Gasteiger partial charge in [0, 0.05) is 19.6 Å². The first-order valence-corrected chi connectivity index (χ1v) is 24.2. The molecule has 0 heterocycles. The van der Waals surface area contributed by atoms with Gasteiger partial charge in [-0.1, -0.05) is 93.8 Å². The summed E-state index contributed by atoms with van der Waals surface area (Å²) in [4.78, 5) is 22.6. The molecule has 8 nitrogen and oxygen atoms in total. The maximum Gasteiger partial charge on any atom is 0.378 e. The van der Waals surface area contributed by atoms with Crippen LogP contribution in [0, 0.1) is 39.5 Å². The molecule has 0 saturated carbocycles. The maximum atomic E-state index is 12.5. The fraction of sp³-hybridized carbons (Fsp3) is 0.510. The van der Waals surface area contributed by atoms with Crippen LogP contribution in [0.3, 0.4) is 0 Å². The molecule has 0 aliphatic heterocycles. The Kier molecular flexibility index (Phi) is 21.4. The minimum atomic E-state index is -4.01. The Hall–Kier alpha value is -3.94. The summed E-state index contributed by atoms with van der Waals surface area (Å²) in [6.45, 7) is 16.7. The average molecular weight is 841 g/mol. The molecule has 4 aromatic rings. The van der Waals surface area contributed by atoms with E-state index in [1.54, 1.807) is 0 Å². The third-order valence-corrected chi connectivity index (χ3v) is 12.9. The third-order valence-electron chi connectivity index (χ3n) is 11.6. The van der Waals surface area contributed by atoms with Gasteiger partial charge in [-0.25, -0.2) is 4.57 Å². The van der Waals surface area contributed by atoms with Gasteiger partial charge < -0.3 is 29.5 Å². The SMILES string of the molecule is CCCC(CCCOc1ccc(CNCCCP(=O)(O)OC(=O)CCNCc2ccc(OCCCC(CC)Cc3ccc(C)c(C)c3)cc2)cc1)Cc1ccc(C)c(C)c1. The highest BCUT2D eigenvalue weighted by atomic mass is 31.2. The lowest BCUT2D eigenvalue weighted by Gasteiger charge is -2.17. The fourth-order valence-electron chi connectivity index (χ4n) is 7.58. The molecule has 0 amide bonds. The van der Waals surface area contributed by atoms with E-state index in [9.17, 15) is 14.3 Å². The standard InChI is InChI=1S/C51H73N2O6P/c1-7-12-44(36-48-18-16-40(4)42(6)34-48)14-10-31-58-50-23-19-45(20-24-50)37-52-28-11-32-60(55,56)59-51(54)27-29-53-38-46-21-25-49(26-22-46)57-30-9-13-43(8-2)35-47-17-15-39(3)41(5)33-47/h15-26,33-34,43-44,52-53H,7-14,27-32,35-38H2,1-6H3,(H,55,56). The van der Waals surface area contributed by atoms with Crippen molar-refractivity contribution in [2.45, 2.75) is 125 Å². The molecule has 0 bridgehead atoms. The lowest BCUT2D eigenvalue weighted by molar-refractivity contribution is -0.134. The van der Waals surface area contributed by atoms with E-state index in [4.69, 9.17) is 14.0 Å². The van der Waals surface area contributed by atoms with Crippen LogP contribution in [0.2, 0.25) is 0 Å². The highest BCUT2D eigenvalue weighted by Crippen LogP contribution is 2.42. The minimum absolute atomic E-state index is 0.0130. The second-order valence-electron chi connectivity index (χ2n) is 16.7. The molecule has 3 atom stereocenters. The first-order valence-electron chi connectivity index (χ1n) is 22.4. The van der Waals surface area contributed by atoms with E-state index in [2.05, 4.69) is 88.6 Å². The van der Waals surface area contributed by atoms with Crippen LogP contribution in [0.4, 0.5) is 0 Å². The predicted octanol–water partition coefficient (Wildman–Crippen LogP) is 11.6. The van der Waals surface area contributed by atoms with Crippen LogP contribution in [-0.4, -0.2) is 43.3 Å². The van der Waals surface area contributed by atoms with Gasteiger partial charge in [-0.3, -0.25) is 4.79 Å². The second-order valence-corrected chi connectivity index (χ2v) is 18.6. The van der Waals surface area contributed by atoms with E-state index >= 15 is 0 Å². The predicted molar refractivity (Wildman–Crippen MR) is 247 cm³/mol. The van der Waals surface area contributed by atoms with Crippen LogP contribution >= 0.6 is 7.60 Å². The van der Waals surface area contributed by atoms with E-state index in [1.807, 2.05) is 48.5 Å². The summed E-state index contributed by atoms with van der Waals surface area (Å²) < 4.78 is 29.6. The van der Waals surface area contributed by atoms with Crippen LogP contribution in [0.1, 0.15) is 116 Å². The molecule has 0 spiro atoms. The monoisotopic (exact) mass is 841 g/mol. The van der Waals surface area contributed by atoms with Gasteiger partial charge in [-0.15, -0.1) is 0 Å². The quantitative estimate of drug-likeness (QED) is 0.0367. The van der Waals surface area contributed by atoms with Gasteiger partial charge in [0.25, 0.3) is 0 Å². The number of aryl methyl sites for hydroxylation is 4.